The molecule has 0 saturated heterocycles. The van der Waals surface area contributed by atoms with Gasteiger partial charge in [0, 0.05) is 11.1 Å². The van der Waals surface area contributed by atoms with Crippen LogP contribution < -0.4 is 4.74 Å². The van der Waals surface area contributed by atoms with Gasteiger partial charge >= 0.3 is 0 Å². The van der Waals surface area contributed by atoms with Gasteiger partial charge in [-0.3, -0.25) is 0 Å². The maximum atomic E-state index is 6.03. The van der Waals surface area contributed by atoms with E-state index in [1.165, 1.54) is 55.6 Å². The summed E-state index contributed by atoms with van der Waals surface area (Å²) in [6.45, 7) is 26.3. The van der Waals surface area contributed by atoms with E-state index in [1.54, 1.807) is 10.8 Å². The molecule has 0 N–H and O–H groups in total. The van der Waals surface area contributed by atoms with E-state index in [0.717, 1.165) is 12.2 Å². The number of methoxy groups -OCH3 is 1. The van der Waals surface area contributed by atoms with Gasteiger partial charge in [-0.25, -0.2) is 0 Å². The number of rotatable bonds is 4. The van der Waals surface area contributed by atoms with Crippen molar-refractivity contribution in [2.45, 2.75) is 98.2 Å². The molecule has 2 aliphatic rings. The molecule has 0 saturated carbocycles. The van der Waals surface area contributed by atoms with E-state index in [-0.39, 0.29) is 10.8 Å². The van der Waals surface area contributed by atoms with Crippen LogP contribution in [0.2, 0.25) is 13.1 Å². The molecule has 3 aromatic carbocycles. The molecule has 1 nitrogen and oxygen atoms in total. The summed E-state index contributed by atoms with van der Waals surface area (Å²) >= 11 is 0. The molecular formula is C38H48OSi. The summed E-state index contributed by atoms with van der Waals surface area (Å²) < 4.78 is 6.03. The zero-order valence-electron chi connectivity index (χ0n) is 26.9. The fraction of sp³-hybridized carbons (Fsp3) is 0.421. The van der Waals surface area contributed by atoms with Crippen molar-refractivity contribution in [1.29, 1.82) is 0 Å². The topological polar surface area (TPSA) is 9.23 Å². The predicted octanol–water partition coefficient (Wildman–Crippen LogP) is 10.6. The molecule has 0 radical (unpaired) electrons. The van der Waals surface area contributed by atoms with Gasteiger partial charge in [0.15, 0.2) is 0 Å². The van der Waals surface area contributed by atoms with Crippen LogP contribution in [0.4, 0.5) is 0 Å². The van der Waals surface area contributed by atoms with Crippen LogP contribution in [0, 0.1) is 6.92 Å². The van der Waals surface area contributed by atoms with Gasteiger partial charge in [-0.2, -0.15) is 0 Å². The van der Waals surface area contributed by atoms with Gasteiger partial charge < -0.3 is 4.74 Å². The number of fused-ring (bicyclic) bond motifs is 2. The molecule has 210 valence electrons. The standard InChI is InChI=1S/C38H48OSi/c1-23-18-28-25(3)34(39-10)33(38(7,8)9)22-32(28)36(23)40(11,12)35-24(2)19-30-29(26-16-14-13-15-17-26)20-27(21-31(30)35)37(4,5)6/h13-17,19-22,35H,18H2,1-12H3. The summed E-state index contributed by atoms with van der Waals surface area (Å²) in [5.41, 5.74) is 16.3. The lowest BCUT2D eigenvalue weighted by Gasteiger charge is -2.36. The second-order valence-electron chi connectivity index (χ2n) is 14.9. The first-order valence-corrected chi connectivity index (χ1v) is 18.0. The van der Waals surface area contributed by atoms with Crippen LogP contribution in [0.25, 0.3) is 22.4 Å². The van der Waals surface area contributed by atoms with Crippen molar-refractivity contribution in [2.24, 2.45) is 0 Å². The van der Waals surface area contributed by atoms with Crippen LogP contribution in [0.3, 0.4) is 0 Å². The van der Waals surface area contributed by atoms with Gasteiger partial charge in [0.1, 0.15) is 5.75 Å². The van der Waals surface area contributed by atoms with Crippen LogP contribution in [-0.2, 0) is 17.3 Å². The molecule has 0 aromatic heterocycles. The Hall–Kier alpha value is -2.84. The van der Waals surface area contributed by atoms with Gasteiger partial charge in [0.2, 0.25) is 0 Å². The van der Waals surface area contributed by atoms with Gasteiger partial charge in [0.25, 0.3) is 0 Å². The second-order valence-corrected chi connectivity index (χ2v) is 19.4. The Balaban J connectivity index is 1.73. The highest BCUT2D eigenvalue weighted by atomic mass is 28.3. The summed E-state index contributed by atoms with van der Waals surface area (Å²) in [7, 11) is -0.201. The molecule has 5 rings (SSSR count). The Labute approximate surface area is 244 Å². The Bertz CT molecular complexity index is 1550. The maximum absolute atomic E-state index is 6.03. The lowest BCUT2D eigenvalue weighted by atomic mass is 9.82. The van der Waals surface area contributed by atoms with E-state index in [2.05, 4.69) is 130 Å². The SMILES string of the molecule is COc1c(C(C)(C)C)cc2c(c1C)CC(C)=C2[Si](C)(C)C1C(C)=Cc2c(-c3ccccc3)cc(C(C)(C)C)cc21. The molecule has 1 atom stereocenters. The Morgan fingerprint density at radius 3 is 2.05 bits per heavy atom. The molecule has 0 amide bonds. The number of allylic oxidation sites excluding steroid dienone is 2. The number of hydrogen-bond acceptors (Lipinski definition) is 1. The molecule has 0 bridgehead atoms. The van der Waals surface area contributed by atoms with Crippen molar-refractivity contribution in [3.8, 4) is 16.9 Å². The van der Waals surface area contributed by atoms with E-state index in [4.69, 9.17) is 4.74 Å². The van der Waals surface area contributed by atoms with Crippen LogP contribution in [0.15, 0.2) is 59.7 Å². The highest BCUT2D eigenvalue weighted by molar-refractivity contribution is 6.96. The molecule has 0 spiro atoms. The summed E-state index contributed by atoms with van der Waals surface area (Å²) in [6, 6.07) is 18.5. The van der Waals surface area contributed by atoms with Crippen molar-refractivity contribution in [1.82, 2.24) is 0 Å². The number of ether oxygens (including phenoxy) is 1. The number of hydrogen-bond donors (Lipinski definition) is 0. The summed E-state index contributed by atoms with van der Waals surface area (Å²) in [6.07, 6.45) is 3.54. The lowest BCUT2D eigenvalue weighted by Crippen LogP contribution is -2.37. The molecular weight excluding hydrogens is 501 g/mol. The smallest absolute Gasteiger partial charge is 0.125 e. The van der Waals surface area contributed by atoms with Crippen LogP contribution in [0.1, 0.15) is 99.9 Å². The molecule has 0 heterocycles. The third-order valence-corrected chi connectivity index (χ3v) is 13.7. The second kappa shape index (κ2) is 9.62. The fourth-order valence-electron chi connectivity index (χ4n) is 7.61. The Morgan fingerprint density at radius 2 is 1.48 bits per heavy atom. The van der Waals surface area contributed by atoms with Gasteiger partial charge in [0.05, 0.1) is 15.2 Å². The zero-order chi connectivity index (χ0) is 29.4. The molecule has 3 aromatic rings. The predicted molar refractivity (Wildman–Crippen MR) is 177 cm³/mol. The van der Waals surface area contributed by atoms with Crippen LogP contribution in [-0.4, -0.2) is 15.2 Å². The van der Waals surface area contributed by atoms with E-state index in [0.29, 0.717) is 5.54 Å². The molecule has 2 heteroatoms. The molecule has 2 aliphatic carbocycles. The summed E-state index contributed by atoms with van der Waals surface area (Å²) in [4.78, 5) is 0. The first-order chi connectivity index (χ1) is 18.6. The maximum Gasteiger partial charge on any atom is 0.125 e. The third-order valence-electron chi connectivity index (χ3n) is 9.47. The van der Waals surface area contributed by atoms with Crippen molar-refractivity contribution in [3.05, 3.63) is 98.6 Å². The first kappa shape index (κ1) is 28.7. The summed E-state index contributed by atoms with van der Waals surface area (Å²) in [5, 5.41) is 1.66. The number of benzene rings is 3. The minimum atomic E-state index is -2.03. The monoisotopic (exact) mass is 548 g/mol. The molecule has 40 heavy (non-hydrogen) atoms. The van der Waals surface area contributed by atoms with Crippen molar-refractivity contribution in [3.63, 3.8) is 0 Å². The Morgan fingerprint density at radius 1 is 0.825 bits per heavy atom. The average molecular weight is 549 g/mol. The lowest BCUT2D eigenvalue weighted by molar-refractivity contribution is 0.394. The molecule has 0 fully saturated rings. The summed E-state index contributed by atoms with van der Waals surface area (Å²) in [5.74, 6) is 1.07. The highest BCUT2D eigenvalue weighted by Gasteiger charge is 2.45. The average Bonchev–Trinajstić information content (AvgIpc) is 3.39. The fourth-order valence-corrected chi connectivity index (χ4v) is 12.2. The van der Waals surface area contributed by atoms with E-state index < -0.39 is 8.07 Å². The van der Waals surface area contributed by atoms with Gasteiger partial charge in [-0.05, 0) is 88.6 Å². The van der Waals surface area contributed by atoms with Gasteiger partial charge in [-0.15, -0.1) is 0 Å². The van der Waals surface area contributed by atoms with E-state index >= 15 is 0 Å². The largest absolute Gasteiger partial charge is 0.496 e. The highest BCUT2D eigenvalue weighted by Crippen LogP contribution is 2.54. The molecule has 0 aliphatic heterocycles. The van der Waals surface area contributed by atoms with Crippen LogP contribution in [0.5, 0.6) is 5.75 Å². The van der Waals surface area contributed by atoms with E-state index in [1.807, 2.05) is 7.11 Å². The minimum Gasteiger partial charge on any atom is -0.496 e. The van der Waals surface area contributed by atoms with Crippen molar-refractivity contribution >= 4 is 19.3 Å². The quantitative estimate of drug-likeness (QED) is 0.295. The van der Waals surface area contributed by atoms with Crippen molar-refractivity contribution in [2.75, 3.05) is 7.11 Å². The third kappa shape index (κ3) is 4.53. The zero-order valence-corrected chi connectivity index (χ0v) is 27.9. The Kier molecular flexibility index (Phi) is 6.90. The minimum absolute atomic E-state index is 0.0143. The first-order valence-electron chi connectivity index (χ1n) is 14.9. The van der Waals surface area contributed by atoms with Crippen molar-refractivity contribution < 1.29 is 4.74 Å². The normalized spacial score (nSPS) is 17.2. The van der Waals surface area contributed by atoms with Crippen LogP contribution >= 0.6 is 0 Å². The molecule has 1 unspecified atom stereocenters. The van der Waals surface area contributed by atoms with Gasteiger partial charge in [-0.1, -0.05) is 120 Å². The van der Waals surface area contributed by atoms with E-state index in [9.17, 15) is 0 Å².